The molecule has 4 rings (SSSR count). The number of esters is 1. The molecule has 10 nitrogen and oxygen atoms in total. The Kier molecular flexibility index (Phi) is 9.64. The number of rotatable bonds is 12. The summed E-state index contributed by atoms with van der Waals surface area (Å²) in [6.07, 6.45) is 3.25. The predicted molar refractivity (Wildman–Crippen MR) is 159 cm³/mol. The Morgan fingerprint density at radius 3 is 2.62 bits per heavy atom. The Labute approximate surface area is 247 Å². The molecular formula is C31H32N2O8S. The lowest BCUT2D eigenvalue weighted by Crippen LogP contribution is -2.29. The van der Waals surface area contributed by atoms with Crippen LogP contribution in [0, 0.1) is 6.92 Å². The fourth-order valence-corrected chi connectivity index (χ4v) is 5.43. The molecule has 1 atom stereocenters. The number of aliphatic hydroxyl groups is 1. The molecule has 11 heteroatoms. The molecule has 1 aromatic heterocycles. The number of anilines is 1. The van der Waals surface area contributed by atoms with Crippen LogP contribution >= 0.6 is 11.3 Å². The number of unbranched alkanes of at least 4 members (excludes halogenated alkanes) is 1. The minimum Gasteiger partial charge on any atom is -0.507 e. The number of nitrogens with zero attached hydrogens (tertiary/aromatic N) is 2. The molecule has 2 heterocycles. The number of aromatic nitrogens is 1. The summed E-state index contributed by atoms with van der Waals surface area (Å²) in [7, 11) is 2.97. The average Bonchev–Trinajstić information content (AvgIpc) is 3.51. The van der Waals surface area contributed by atoms with Gasteiger partial charge in [0.1, 0.15) is 23.0 Å². The highest BCUT2D eigenvalue weighted by Gasteiger charge is 2.48. The molecule has 0 radical (unpaired) electrons. The van der Waals surface area contributed by atoms with E-state index in [9.17, 15) is 19.5 Å². The molecule has 42 heavy (non-hydrogen) atoms. The van der Waals surface area contributed by atoms with Crippen molar-refractivity contribution in [2.45, 2.75) is 32.7 Å². The summed E-state index contributed by atoms with van der Waals surface area (Å²) < 4.78 is 21.9. The Morgan fingerprint density at radius 2 is 1.93 bits per heavy atom. The number of aryl methyl sites for hydroxylation is 1. The van der Waals surface area contributed by atoms with E-state index in [-0.39, 0.29) is 33.5 Å². The highest BCUT2D eigenvalue weighted by Crippen LogP contribution is 2.45. The normalized spacial score (nSPS) is 15.9. The molecular weight excluding hydrogens is 560 g/mol. The SMILES string of the molecule is C=CCOC(=O)c1sc(N2C(=O)C(=O)C(=C(O)c3cccc(OC)c3)C2c2ccc(OCCCC)c(OC)c2)nc1C. The fourth-order valence-electron chi connectivity index (χ4n) is 4.45. The number of ether oxygens (including phenoxy) is 4. The number of ketones is 1. The number of hydrogen-bond acceptors (Lipinski definition) is 10. The lowest BCUT2D eigenvalue weighted by Gasteiger charge is -2.24. The largest absolute Gasteiger partial charge is 0.507 e. The number of aliphatic hydroxyl groups excluding tert-OH is 1. The van der Waals surface area contributed by atoms with Crippen LogP contribution in [0.5, 0.6) is 17.2 Å². The molecule has 0 aliphatic carbocycles. The van der Waals surface area contributed by atoms with Crippen molar-refractivity contribution in [3.63, 3.8) is 0 Å². The molecule has 1 saturated heterocycles. The molecule has 1 aliphatic heterocycles. The van der Waals surface area contributed by atoms with Gasteiger partial charge in [0.25, 0.3) is 5.78 Å². The van der Waals surface area contributed by atoms with Crippen LogP contribution in [-0.4, -0.2) is 55.2 Å². The van der Waals surface area contributed by atoms with E-state index in [1.54, 1.807) is 49.4 Å². The molecule has 1 N–H and O–H groups in total. The van der Waals surface area contributed by atoms with Crippen molar-refractivity contribution in [1.82, 2.24) is 4.98 Å². The number of thiazole rings is 1. The smallest absolute Gasteiger partial charge is 0.350 e. The Bertz CT molecular complexity index is 1540. The average molecular weight is 593 g/mol. The summed E-state index contributed by atoms with van der Waals surface area (Å²) in [6.45, 7) is 7.70. The van der Waals surface area contributed by atoms with E-state index in [1.165, 1.54) is 25.2 Å². The zero-order chi connectivity index (χ0) is 30.4. The van der Waals surface area contributed by atoms with Gasteiger partial charge >= 0.3 is 11.9 Å². The van der Waals surface area contributed by atoms with Crippen molar-refractivity contribution in [3.05, 3.63) is 82.4 Å². The highest BCUT2D eigenvalue weighted by atomic mass is 32.1. The number of amides is 1. The van der Waals surface area contributed by atoms with Crippen LogP contribution in [0.4, 0.5) is 5.13 Å². The van der Waals surface area contributed by atoms with Crippen LogP contribution in [0.15, 0.2) is 60.7 Å². The van der Waals surface area contributed by atoms with Crippen LogP contribution in [-0.2, 0) is 14.3 Å². The lowest BCUT2D eigenvalue weighted by molar-refractivity contribution is -0.132. The van der Waals surface area contributed by atoms with E-state index >= 15 is 0 Å². The number of methoxy groups -OCH3 is 2. The van der Waals surface area contributed by atoms with Crippen LogP contribution in [0.3, 0.4) is 0 Å². The van der Waals surface area contributed by atoms with Crippen molar-refractivity contribution in [2.75, 3.05) is 32.3 Å². The van der Waals surface area contributed by atoms with Gasteiger partial charge < -0.3 is 24.1 Å². The van der Waals surface area contributed by atoms with Crippen molar-refractivity contribution < 1.29 is 38.4 Å². The van der Waals surface area contributed by atoms with E-state index in [1.807, 2.05) is 0 Å². The number of carbonyl (C=O) groups is 3. The summed E-state index contributed by atoms with van der Waals surface area (Å²) >= 11 is 0.915. The van der Waals surface area contributed by atoms with Crippen molar-refractivity contribution in [2.24, 2.45) is 0 Å². The number of Topliss-reactive ketones (excluding diaryl/α,β-unsaturated/α-hetero) is 1. The summed E-state index contributed by atoms with van der Waals surface area (Å²) in [5, 5.41) is 11.6. The first-order valence-electron chi connectivity index (χ1n) is 13.3. The van der Waals surface area contributed by atoms with Crippen LogP contribution < -0.4 is 19.1 Å². The fraction of sp³-hybridized carbons (Fsp3) is 0.290. The molecule has 2 aromatic carbocycles. The predicted octanol–water partition coefficient (Wildman–Crippen LogP) is 5.62. The first-order valence-corrected chi connectivity index (χ1v) is 14.1. The van der Waals surface area contributed by atoms with Gasteiger partial charge in [-0.3, -0.25) is 14.5 Å². The quantitative estimate of drug-likeness (QED) is 0.0713. The van der Waals surface area contributed by atoms with Crippen molar-refractivity contribution in [3.8, 4) is 17.2 Å². The van der Waals surface area contributed by atoms with Gasteiger partial charge in [0, 0.05) is 5.56 Å². The van der Waals surface area contributed by atoms with Crippen molar-refractivity contribution in [1.29, 1.82) is 0 Å². The molecule has 0 spiro atoms. The Hall–Kier alpha value is -4.64. The Balaban J connectivity index is 1.89. The second-order valence-electron chi connectivity index (χ2n) is 9.31. The molecule has 1 amide bonds. The summed E-state index contributed by atoms with van der Waals surface area (Å²) in [6, 6.07) is 10.5. The second-order valence-corrected chi connectivity index (χ2v) is 10.3. The maximum atomic E-state index is 13.6. The van der Waals surface area contributed by atoms with Gasteiger partial charge in [0.2, 0.25) is 0 Å². The maximum absolute atomic E-state index is 13.6. The third-order valence-corrected chi connectivity index (χ3v) is 7.69. The topological polar surface area (TPSA) is 124 Å². The van der Waals surface area contributed by atoms with Gasteiger partial charge in [0.05, 0.1) is 38.1 Å². The monoisotopic (exact) mass is 592 g/mol. The van der Waals surface area contributed by atoms with E-state index in [0.717, 1.165) is 24.2 Å². The zero-order valence-electron chi connectivity index (χ0n) is 23.8. The summed E-state index contributed by atoms with van der Waals surface area (Å²) in [5.41, 5.74) is 0.920. The van der Waals surface area contributed by atoms with Gasteiger partial charge in [-0.2, -0.15) is 0 Å². The van der Waals surface area contributed by atoms with Gasteiger partial charge in [0.15, 0.2) is 16.6 Å². The summed E-state index contributed by atoms with van der Waals surface area (Å²) in [5.74, 6) is -1.50. The summed E-state index contributed by atoms with van der Waals surface area (Å²) in [4.78, 5) is 45.6. The number of carbonyl (C=O) groups excluding carboxylic acids is 3. The molecule has 0 saturated carbocycles. The molecule has 1 aliphatic rings. The third kappa shape index (κ3) is 6.01. The van der Waals surface area contributed by atoms with E-state index in [2.05, 4.69) is 18.5 Å². The zero-order valence-corrected chi connectivity index (χ0v) is 24.7. The van der Waals surface area contributed by atoms with Gasteiger partial charge in [-0.15, -0.1) is 0 Å². The van der Waals surface area contributed by atoms with Gasteiger partial charge in [-0.1, -0.05) is 55.5 Å². The van der Waals surface area contributed by atoms with Crippen LogP contribution in [0.2, 0.25) is 0 Å². The van der Waals surface area contributed by atoms with Crippen molar-refractivity contribution >= 4 is 39.9 Å². The first-order chi connectivity index (χ1) is 20.2. The van der Waals surface area contributed by atoms with Crippen LogP contribution in [0.1, 0.15) is 52.3 Å². The van der Waals surface area contributed by atoms with Gasteiger partial charge in [-0.05, 0) is 43.2 Å². The first kappa shape index (κ1) is 30.3. The van der Waals surface area contributed by atoms with E-state index in [4.69, 9.17) is 18.9 Å². The minimum absolute atomic E-state index is 0.00301. The maximum Gasteiger partial charge on any atom is 0.350 e. The molecule has 220 valence electrons. The molecule has 1 fully saturated rings. The molecule has 3 aromatic rings. The lowest BCUT2D eigenvalue weighted by atomic mass is 9.95. The standard InChI is InChI=1S/C31H32N2O8S/c1-6-8-15-40-22-13-12-19(17-23(22)39-5)25-24(26(34)20-10-9-11-21(16-20)38-4)27(35)29(36)33(25)31-32-18(3)28(42-31)30(37)41-14-7-2/h7,9-13,16-17,25,34H,2,6,8,14-15H2,1,3-5H3. The third-order valence-electron chi connectivity index (χ3n) is 6.56. The Morgan fingerprint density at radius 1 is 1.14 bits per heavy atom. The van der Waals surface area contributed by atoms with E-state index < -0.39 is 23.7 Å². The minimum atomic E-state index is -1.10. The van der Waals surface area contributed by atoms with Crippen LogP contribution in [0.25, 0.3) is 5.76 Å². The van der Waals surface area contributed by atoms with E-state index in [0.29, 0.717) is 35.1 Å². The second kappa shape index (κ2) is 13.3. The number of benzene rings is 2. The molecule has 0 bridgehead atoms. The van der Waals surface area contributed by atoms with Gasteiger partial charge in [-0.25, -0.2) is 9.78 Å². The number of hydrogen-bond donors (Lipinski definition) is 1. The highest BCUT2D eigenvalue weighted by molar-refractivity contribution is 7.17. The molecule has 1 unspecified atom stereocenters.